The first-order valence-corrected chi connectivity index (χ1v) is 20.4. The van der Waals surface area contributed by atoms with Crippen LogP contribution < -0.4 is 9.64 Å². The van der Waals surface area contributed by atoms with E-state index in [2.05, 4.69) is 11.8 Å². The Balaban J connectivity index is 1.10. The van der Waals surface area contributed by atoms with Crippen molar-refractivity contribution in [3.05, 3.63) is 142 Å². The van der Waals surface area contributed by atoms with Gasteiger partial charge in [0.2, 0.25) is 0 Å². The van der Waals surface area contributed by atoms with E-state index in [1.807, 2.05) is 122 Å². The van der Waals surface area contributed by atoms with E-state index in [0.29, 0.717) is 97.5 Å². The lowest BCUT2D eigenvalue weighted by Crippen LogP contribution is -2.46. The van der Waals surface area contributed by atoms with Gasteiger partial charge in [-0.25, -0.2) is 14.2 Å². The highest BCUT2D eigenvalue weighted by molar-refractivity contribution is 6.41. The third-order valence-corrected chi connectivity index (χ3v) is 11.3. The molecule has 0 saturated carbocycles. The van der Waals surface area contributed by atoms with E-state index in [4.69, 9.17) is 23.9 Å². The predicted octanol–water partition coefficient (Wildman–Crippen LogP) is 9.58. The highest BCUT2D eigenvalue weighted by Crippen LogP contribution is 2.39. The van der Waals surface area contributed by atoms with E-state index in [0.717, 1.165) is 22.3 Å². The summed E-state index contributed by atoms with van der Waals surface area (Å²) in [5, 5.41) is 10.00. The van der Waals surface area contributed by atoms with Crippen LogP contribution in [0.4, 0.5) is 10.2 Å². The number of carbonyl (C=O) groups excluding carboxylic acids is 1. The Hall–Kier alpha value is -5.88. The molecule has 4 aromatic carbocycles. The maximum atomic E-state index is 15.8. The number of fused-ring (bicyclic) bond motifs is 1. The van der Waals surface area contributed by atoms with Gasteiger partial charge in [-0.3, -0.25) is 9.20 Å². The normalized spacial score (nSPS) is 14.3. The molecule has 0 radical (unpaired) electrons. The van der Waals surface area contributed by atoms with Crippen LogP contribution in [0.2, 0.25) is 0 Å². The molecule has 3 heterocycles. The molecule has 1 fully saturated rings. The first kappa shape index (κ1) is 42.3. The van der Waals surface area contributed by atoms with E-state index < -0.39 is 23.2 Å². The summed E-state index contributed by atoms with van der Waals surface area (Å²) >= 11 is 0. The van der Waals surface area contributed by atoms with Crippen LogP contribution in [-0.4, -0.2) is 70.9 Å². The molecule has 1 unspecified atom stereocenters. The van der Waals surface area contributed by atoms with Crippen LogP contribution in [0.3, 0.4) is 0 Å². The smallest absolute Gasteiger partial charge is 0.377 e. The van der Waals surface area contributed by atoms with Crippen LogP contribution in [0, 0.1) is 26.6 Å². The Bertz CT molecular complexity index is 2460. The molecule has 60 heavy (non-hydrogen) atoms. The van der Waals surface area contributed by atoms with Crippen LogP contribution in [-0.2, 0) is 32.2 Å². The zero-order chi connectivity index (χ0) is 42.4. The van der Waals surface area contributed by atoms with Crippen LogP contribution in [0.25, 0.3) is 28.0 Å². The summed E-state index contributed by atoms with van der Waals surface area (Å²) in [5.74, 6) is -2.00. The number of hydrogen-bond donors (Lipinski definition) is 1. The highest BCUT2D eigenvalue weighted by Gasteiger charge is 2.35. The van der Waals surface area contributed by atoms with Crippen LogP contribution >= 0.6 is 0 Å². The second-order valence-corrected chi connectivity index (χ2v) is 15.8. The number of piperidine rings is 1. The fraction of sp³-hybridized carbons (Fsp3) is 0.327. The first-order valence-electron chi connectivity index (χ1n) is 20.4. The number of hydrogen-bond acceptors (Lipinski definition) is 8. The molecular weight excluding hydrogens is 762 g/mol. The van der Waals surface area contributed by atoms with Crippen LogP contribution in [0.15, 0.2) is 103 Å². The maximum absolute atomic E-state index is 15.8. The summed E-state index contributed by atoms with van der Waals surface area (Å²) in [7, 11) is 0. The SMILES string of the molecule is Cc1cc(F)c(-c2cccc(-c3cn4c(N5CCC(C)(OCCOCC(C)OCc6ccccc6)CC5)c(C(=O)C(=O)O)c(C)c(C)c4n3)c2)c(OCc2ccccc2)c1. The van der Waals surface area contributed by atoms with E-state index in [-0.39, 0.29) is 18.3 Å². The second kappa shape index (κ2) is 18.6. The van der Waals surface area contributed by atoms with Crippen LogP contribution in [0.5, 0.6) is 5.75 Å². The number of imidazole rings is 1. The molecule has 1 aliphatic rings. The number of nitrogens with zero attached hydrogens (tertiary/aromatic N) is 3. The molecule has 1 saturated heterocycles. The molecule has 2 aromatic heterocycles. The predicted molar refractivity (Wildman–Crippen MR) is 230 cm³/mol. The number of aryl methyl sites for hydroxylation is 2. The van der Waals surface area contributed by atoms with Crippen molar-refractivity contribution in [3.8, 4) is 28.1 Å². The molecular formula is C49H52FN3O7. The Morgan fingerprint density at radius 2 is 1.52 bits per heavy atom. The Labute approximate surface area is 350 Å². The quantitative estimate of drug-likeness (QED) is 0.0547. The van der Waals surface area contributed by atoms with Gasteiger partial charge < -0.3 is 29.0 Å². The molecule has 1 atom stereocenters. The number of ketones is 1. The number of rotatable bonds is 17. The summed E-state index contributed by atoms with van der Waals surface area (Å²) in [5.41, 5.74) is 6.63. The Morgan fingerprint density at radius 3 is 2.20 bits per heavy atom. The Morgan fingerprint density at radius 1 is 0.850 bits per heavy atom. The molecule has 7 rings (SSSR count). The lowest BCUT2D eigenvalue weighted by Gasteiger charge is -2.41. The van der Waals surface area contributed by atoms with Gasteiger partial charge in [0.1, 0.15) is 29.6 Å². The summed E-state index contributed by atoms with van der Waals surface area (Å²) in [6.07, 6.45) is 3.04. The van der Waals surface area contributed by atoms with Gasteiger partial charge in [-0.15, -0.1) is 0 Å². The minimum Gasteiger partial charge on any atom is -0.488 e. The van der Waals surface area contributed by atoms with Crippen molar-refractivity contribution in [3.63, 3.8) is 0 Å². The van der Waals surface area contributed by atoms with E-state index in [9.17, 15) is 14.7 Å². The Kier molecular flexibility index (Phi) is 13.1. The van der Waals surface area contributed by atoms with Crippen molar-refractivity contribution in [2.75, 3.05) is 37.8 Å². The fourth-order valence-corrected chi connectivity index (χ4v) is 7.74. The van der Waals surface area contributed by atoms with Crippen molar-refractivity contribution in [2.24, 2.45) is 0 Å². The van der Waals surface area contributed by atoms with Gasteiger partial charge in [-0.1, -0.05) is 78.9 Å². The summed E-state index contributed by atoms with van der Waals surface area (Å²) in [6.45, 7) is 12.6. The lowest BCUT2D eigenvalue weighted by atomic mass is 9.92. The van der Waals surface area contributed by atoms with Crippen LogP contribution in [0.1, 0.15) is 64.9 Å². The van der Waals surface area contributed by atoms with Gasteiger partial charge >= 0.3 is 5.97 Å². The van der Waals surface area contributed by atoms with Crippen molar-refractivity contribution < 1.29 is 38.0 Å². The average molecular weight is 814 g/mol. The number of carboxylic acids is 1. The van der Waals surface area contributed by atoms with Gasteiger partial charge in [-0.2, -0.15) is 0 Å². The molecule has 0 aliphatic carbocycles. The molecule has 0 spiro atoms. The summed E-state index contributed by atoms with van der Waals surface area (Å²) in [6, 6.07) is 30.6. The number of pyridine rings is 1. The largest absolute Gasteiger partial charge is 0.488 e. The lowest BCUT2D eigenvalue weighted by molar-refractivity contribution is -0.131. The third-order valence-electron chi connectivity index (χ3n) is 11.3. The molecule has 0 bridgehead atoms. The van der Waals surface area contributed by atoms with E-state index >= 15 is 4.39 Å². The van der Waals surface area contributed by atoms with Gasteiger partial charge in [0, 0.05) is 24.8 Å². The van der Waals surface area contributed by atoms with Gasteiger partial charge in [0.05, 0.1) is 55.0 Å². The third kappa shape index (κ3) is 9.60. The number of anilines is 1. The number of carboxylic acid groups (broad SMARTS) is 1. The summed E-state index contributed by atoms with van der Waals surface area (Å²) < 4.78 is 42.0. The molecule has 11 heteroatoms. The second-order valence-electron chi connectivity index (χ2n) is 15.8. The van der Waals surface area contributed by atoms with E-state index in [1.165, 1.54) is 6.07 Å². The van der Waals surface area contributed by atoms with Crippen molar-refractivity contribution in [1.29, 1.82) is 0 Å². The highest BCUT2D eigenvalue weighted by atomic mass is 19.1. The number of carbonyl (C=O) groups is 2. The van der Waals surface area contributed by atoms with Gasteiger partial charge in [0.15, 0.2) is 0 Å². The molecule has 10 nitrogen and oxygen atoms in total. The zero-order valence-electron chi connectivity index (χ0n) is 34.9. The molecule has 1 N–H and O–H groups in total. The average Bonchev–Trinajstić information content (AvgIpc) is 3.70. The number of benzene rings is 4. The van der Waals surface area contributed by atoms with Crippen molar-refractivity contribution >= 4 is 23.2 Å². The topological polar surface area (TPSA) is 112 Å². The number of aliphatic carboxylic acids is 1. The first-order chi connectivity index (χ1) is 28.9. The van der Waals surface area contributed by atoms with Gasteiger partial charge in [0.25, 0.3) is 5.78 Å². The van der Waals surface area contributed by atoms with E-state index in [1.54, 1.807) is 6.92 Å². The monoisotopic (exact) mass is 813 g/mol. The molecule has 1 aliphatic heterocycles. The standard InChI is InChI=1S/C49H52FN3O7/c1-32-25-40(50)44(42(26-32)59-31-37-15-10-7-11-16-37)39-18-12-17-38(27-39)41-28-53-46(51-41)35(4)34(3)43(45(54)48(55)56)47(53)52-21-19-49(5,20-22-52)60-24-23-57-29-33(2)58-30-36-13-8-6-9-14-36/h6-18,25-28,33H,19-24,29-31H2,1-5H3,(H,55,56). The number of Topliss-reactive ketones (excluding diaryl/α,β-unsaturated/α-hetero) is 1. The molecule has 6 aromatic rings. The zero-order valence-corrected chi connectivity index (χ0v) is 34.9. The number of aromatic nitrogens is 2. The number of halogens is 1. The summed E-state index contributed by atoms with van der Waals surface area (Å²) in [4.78, 5) is 32.9. The molecule has 312 valence electrons. The van der Waals surface area contributed by atoms with Crippen molar-refractivity contribution in [2.45, 2.75) is 72.4 Å². The minimum absolute atomic E-state index is 0.0667. The number of ether oxygens (including phenoxy) is 4. The molecule has 0 amide bonds. The minimum atomic E-state index is -1.53. The fourth-order valence-electron chi connectivity index (χ4n) is 7.74. The van der Waals surface area contributed by atoms with Gasteiger partial charge in [-0.05, 0) is 99.0 Å². The van der Waals surface area contributed by atoms with Crippen molar-refractivity contribution in [1.82, 2.24) is 9.38 Å². The maximum Gasteiger partial charge on any atom is 0.377 e.